The molecule has 0 bridgehead atoms. The predicted octanol–water partition coefficient (Wildman–Crippen LogP) is 0.676. The van der Waals surface area contributed by atoms with Crippen molar-refractivity contribution in [2.24, 2.45) is 0 Å². The van der Waals surface area contributed by atoms with Gasteiger partial charge in [0.2, 0.25) is 0 Å². The lowest BCUT2D eigenvalue weighted by Crippen LogP contribution is -2.50. The topological polar surface area (TPSA) is 83.6 Å². The van der Waals surface area contributed by atoms with Gasteiger partial charge in [-0.25, -0.2) is 21.8 Å². The largest absolute Gasteiger partial charge is 0.250 e. The first-order valence-electron chi connectivity index (χ1n) is 8.22. The summed E-state index contributed by atoms with van der Waals surface area (Å²) in [6.07, 6.45) is 1.16. The maximum atomic E-state index is 11.8. The maximum Gasteiger partial charge on any atom is 0.151 e. The number of nitrogens with zero attached hydrogens (tertiary/aromatic N) is 1. The molecule has 0 amide bonds. The molecule has 0 unspecified atom stereocenters. The second-order valence-electron chi connectivity index (χ2n) is 6.90. The summed E-state index contributed by atoms with van der Waals surface area (Å²) in [6, 6.07) is 7.86. The van der Waals surface area contributed by atoms with Crippen molar-refractivity contribution in [3.8, 4) is 0 Å². The number of rotatable bonds is 5. The summed E-state index contributed by atoms with van der Waals surface area (Å²) in [5.41, 5.74) is 5.56. The van der Waals surface area contributed by atoms with E-state index >= 15 is 0 Å². The first-order valence-corrected chi connectivity index (χ1v) is 11.9. The maximum absolute atomic E-state index is 11.8. The Morgan fingerprint density at radius 2 is 1.62 bits per heavy atom. The highest BCUT2D eigenvalue weighted by Crippen LogP contribution is 2.21. The van der Waals surface area contributed by atoms with E-state index in [0.29, 0.717) is 19.4 Å². The molecule has 24 heavy (non-hydrogen) atoms. The quantitative estimate of drug-likeness (QED) is 0.765. The van der Waals surface area contributed by atoms with Crippen molar-refractivity contribution in [3.05, 3.63) is 35.4 Å². The lowest BCUT2D eigenvalue weighted by Gasteiger charge is -2.31. The zero-order chi connectivity index (χ0) is 17.4. The molecule has 2 fully saturated rings. The number of aryl methyl sites for hydroxylation is 1. The molecule has 134 valence electrons. The first kappa shape index (κ1) is 17.8. The summed E-state index contributed by atoms with van der Waals surface area (Å²) >= 11 is 0. The van der Waals surface area contributed by atoms with Crippen LogP contribution < -0.4 is 5.43 Å². The van der Waals surface area contributed by atoms with Gasteiger partial charge in [0.1, 0.15) is 0 Å². The van der Waals surface area contributed by atoms with Gasteiger partial charge in [0.25, 0.3) is 0 Å². The Hall–Kier alpha value is -0.960. The van der Waals surface area contributed by atoms with Crippen molar-refractivity contribution < 1.29 is 16.8 Å². The number of hydrogen-bond acceptors (Lipinski definition) is 6. The molecule has 8 heteroatoms. The van der Waals surface area contributed by atoms with Gasteiger partial charge in [0.15, 0.2) is 19.7 Å². The van der Waals surface area contributed by atoms with Crippen LogP contribution in [0.3, 0.4) is 0 Å². The van der Waals surface area contributed by atoms with E-state index in [4.69, 9.17) is 0 Å². The molecule has 6 nitrogen and oxygen atoms in total. The van der Waals surface area contributed by atoms with E-state index in [1.54, 1.807) is 0 Å². The third-order valence-corrected chi connectivity index (χ3v) is 8.22. The highest BCUT2D eigenvalue weighted by atomic mass is 32.2. The number of sulfone groups is 2. The van der Waals surface area contributed by atoms with Crippen molar-refractivity contribution in [1.82, 2.24) is 10.4 Å². The Labute approximate surface area is 144 Å². The van der Waals surface area contributed by atoms with E-state index in [1.165, 1.54) is 5.56 Å². The lowest BCUT2D eigenvalue weighted by atomic mass is 10.1. The smallest absolute Gasteiger partial charge is 0.151 e. The molecule has 2 atom stereocenters. The molecule has 0 spiro atoms. The van der Waals surface area contributed by atoms with Gasteiger partial charge in [-0.2, -0.15) is 0 Å². The van der Waals surface area contributed by atoms with E-state index in [-0.39, 0.29) is 35.1 Å². The Balaban J connectivity index is 1.74. The first-order chi connectivity index (χ1) is 11.2. The average Bonchev–Trinajstić information content (AvgIpc) is 3.02. The molecule has 0 aromatic heterocycles. The van der Waals surface area contributed by atoms with Gasteiger partial charge in [-0.1, -0.05) is 29.8 Å². The summed E-state index contributed by atoms with van der Waals surface area (Å²) in [4.78, 5) is 0. The molecule has 2 aliphatic heterocycles. The molecule has 0 radical (unpaired) electrons. The fourth-order valence-corrected chi connectivity index (χ4v) is 6.72. The summed E-state index contributed by atoms with van der Waals surface area (Å²) in [7, 11) is -5.97. The van der Waals surface area contributed by atoms with Crippen molar-refractivity contribution in [2.45, 2.75) is 38.4 Å². The standard InChI is InChI=1S/C16H24N2O4S2/c1-13-2-4-14(5-3-13)10-18(16-7-9-24(21,22)12-16)17-15-6-8-23(19,20)11-15/h2-5,15-17H,6-12H2,1H3/t15-,16+/m1/s1. The lowest BCUT2D eigenvalue weighted by molar-refractivity contribution is 0.108. The zero-order valence-corrected chi connectivity index (χ0v) is 15.4. The van der Waals surface area contributed by atoms with Crippen molar-refractivity contribution >= 4 is 19.7 Å². The second-order valence-corrected chi connectivity index (χ2v) is 11.4. The van der Waals surface area contributed by atoms with Gasteiger partial charge in [0, 0.05) is 18.6 Å². The third kappa shape index (κ3) is 4.56. The summed E-state index contributed by atoms with van der Waals surface area (Å²) in [5, 5.41) is 1.95. The minimum atomic E-state index is -3.00. The van der Waals surface area contributed by atoms with Gasteiger partial charge < -0.3 is 0 Å². The highest BCUT2D eigenvalue weighted by Gasteiger charge is 2.35. The van der Waals surface area contributed by atoms with Crippen molar-refractivity contribution in [1.29, 1.82) is 0 Å². The number of hydrazine groups is 1. The Bertz CT molecular complexity index is 788. The molecule has 2 heterocycles. The molecule has 0 aliphatic carbocycles. The molecule has 0 saturated carbocycles. The molecular weight excluding hydrogens is 348 g/mol. The SMILES string of the molecule is Cc1ccc(CN(N[C@@H]2CCS(=O)(=O)C2)[C@H]2CCS(=O)(=O)C2)cc1. The Kier molecular flexibility index (Phi) is 5.01. The minimum absolute atomic E-state index is 0.111. The monoisotopic (exact) mass is 372 g/mol. The third-order valence-electron chi connectivity index (χ3n) is 4.70. The van der Waals surface area contributed by atoms with Gasteiger partial charge in [-0.05, 0) is 25.3 Å². The molecular formula is C16H24N2O4S2. The highest BCUT2D eigenvalue weighted by molar-refractivity contribution is 7.91. The van der Waals surface area contributed by atoms with Crippen LogP contribution in [0.15, 0.2) is 24.3 Å². The summed E-state index contributed by atoms with van der Waals surface area (Å²) in [6.45, 7) is 2.59. The van der Waals surface area contributed by atoms with E-state index < -0.39 is 19.7 Å². The Morgan fingerprint density at radius 3 is 2.17 bits per heavy atom. The summed E-state index contributed by atoms with van der Waals surface area (Å²) in [5.74, 6) is 0.654. The molecule has 2 saturated heterocycles. The van der Waals surface area contributed by atoms with Gasteiger partial charge in [0.05, 0.1) is 23.0 Å². The van der Waals surface area contributed by atoms with Crippen LogP contribution in [-0.4, -0.2) is 56.9 Å². The second kappa shape index (κ2) is 6.74. The van der Waals surface area contributed by atoms with Gasteiger partial charge in [-0.15, -0.1) is 0 Å². The fraction of sp³-hybridized carbons (Fsp3) is 0.625. The normalized spacial score (nSPS) is 28.4. The molecule has 1 aromatic rings. The van der Waals surface area contributed by atoms with E-state index in [9.17, 15) is 16.8 Å². The van der Waals surface area contributed by atoms with E-state index in [2.05, 4.69) is 5.43 Å². The van der Waals surface area contributed by atoms with Crippen LogP contribution in [-0.2, 0) is 26.2 Å². The molecule has 1 aromatic carbocycles. The predicted molar refractivity (Wildman–Crippen MR) is 94.0 cm³/mol. The minimum Gasteiger partial charge on any atom is -0.250 e. The van der Waals surface area contributed by atoms with Crippen LogP contribution in [0.2, 0.25) is 0 Å². The van der Waals surface area contributed by atoms with E-state index in [0.717, 1.165) is 5.56 Å². The van der Waals surface area contributed by atoms with Crippen molar-refractivity contribution in [2.75, 3.05) is 23.0 Å². The molecule has 2 aliphatic rings. The Morgan fingerprint density at radius 1 is 1.00 bits per heavy atom. The molecule has 3 rings (SSSR count). The average molecular weight is 373 g/mol. The van der Waals surface area contributed by atoms with Crippen LogP contribution in [0.4, 0.5) is 0 Å². The molecule has 1 N–H and O–H groups in total. The number of hydrogen-bond donors (Lipinski definition) is 1. The number of benzene rings is 1. The van der Waals surface area contributed by atoms with Gasteiger partial charge >= 0.3 is 0 Å². The fourth-order valence-electron chi connectivity index (χ4n) is 3.32. The van der Waals surface area contributed by atoms with Crippen LogP contribution in [0.1, 0.15) is 24.0 Å². The van der Waals surface area contributed by atoms with E-state index in [1.807, 2.05) is 36.2 Å². The van der Waals surface area contributed by atoms with Crippen LogP contribution >= 0.6 is 0 Å². The van der Waals surface area contributed by atoms with Gasteiger partial charge in [-0.3, -0.25) is 5.43 Å². The van der Waals surface area contributed by atoms with Crippen LogP contribution in [0.5, 0.6) is 0 Å². The van der Waals surface area contributed by atoms with Crippen LogP contribution in [0.25, 0.3) is 0 Å². The zero-order valence-electron chi connectivity index (χ0n) is 13.8. The summed E-state index contributed by atoms with van der Waals surface area (Å²) < 4.78 is 47.0. The number of nitrogens with one attached hydrogen (secondary N) is 1. The van der Waals surface area contributed by atoms with Crippen LogP contribution in [0, 0.1) is 6.92 Å². The van der Waals surface area contributed by atoms with Crippen molar-refractivity contribution in [3.63, 3.8) is 0 Å².